The molecule has 32 heavy (non-hydrogen) atoms. The number of H-pyrrole nitrogens is 1. The normalized spacial score (nSPS) is 10.6. The van der Waals surface area contributed by atoms with Crippen LogP contribution in [0.5, 0.6) is 0 Å². The van der Waals surface area contributed by atoms with Gasteiger partial charge in [0.2, 0.25) is 5.91 Å². The predicted molar refractivity (Wildman–Crippen MR) is 121 cm³/mol. The minimum atomic E-state index is -0.586. The maximum Gasteiger partial charge on any atom is 0.271 e. The van der Waals surface area contributed by atoms with Gasteiger partial charge in [0.25, 0.3) is 11.2 Å². The van der Waals surface area contributed by atoms with Gasteiger partial charge in [0.1, 0.15) is 11.6 Å². The average Bonchev–Trinajstić information content (AvgIpc) is 3.19. The van der Waals surface area contributed by atoms with E-state index in [9.17, 15) is 25.0 Å². The molecule has 0 spiro atoms. The Labute approximate surface area is 188 Å². The number of thiazole rings is 1. The number of carbonyl (C=O) groups is 1. The number of non-ortho nitro benzene ring substituents is 1. The number of aromatic nitrogens is 3. The number of carbonyl (C=O) groups excluding carboxylic acids is 1. The summed E-state index contributed by atoms with van der Waals surface area (Å²) < 4.78 is 0.698. The maximum absolute atomic E-state index is 12.4. The molecule has 0 saturated carbocycles. The van der Waals surface area contributed by atoms with Crippen LogP contribution in [-0.2, 0) is 4.79 Å². The van der Waals surface area contributed by atoms with Crippen LogP contribution in [0.15, 0.2) is 58.5 Å². The average molecular weight is 464 g/mol. The molecular weight excluding hydrogens is 452 g/mol. The highest BCUT2D eigenvalue weighted by Crippen LogP contribution is 2.29. The van der Waals surface area contributed by atoms with Crippen molar-refractivity contribution in [2.75, 3.05) is 11.1 Å². The number of nitro benzene ring substituents is 1. The summed E-state index contributed by atoms with van der Waals surface area (Å²) >= 11 is 2.19. The third kappa shape index (κ3) is 4.48. The third-order valence-electron chi connectivity index (χ3n) is 4.23. The number of anilines is 1. The Hall–Kier alpha value is -4.08. The molecule has 0 radical (unpaired) electrons. The number of thioether (sulfide) groups is 1. The van der Waals surface area contributed by atoms with Crippen molar-refractivity contribution in [3.63, 3.8) is 0 Å². The predicted octanol–water partition coefficient (Wildman–Crippen LogP) is 3.56. The number of hydrogen-bond acceptors (Lipinski definition) is 9. The van der Waals surface area contributed by atoms with Crippen molar-refractivity contribution in [2.45, 2.75) is 5.16 Å². The lowest BCUT2D eigenvalue weighted by Crippen LogP contribution is -2.17. The minimum absolute atomic E-state index is 0.0703. The van der Waals surface area contributed by atoms with Crippen LogP contribution in [0.25, 0.3) is 21.5 Å². The van der Waals surface area contributed by atoms with Crippen LogP contribution >= 0.6 is 23.1 Å². The molecule has 2 aromatic carbocycles. The number of nitrogens with zero attached hydrogens (tertiary/aromatic N) is 4. The Morgan fingerprint density at radius 2 is 2.03 bits per heavy atom. The van der Waals surface area contributed by atoms with E-state index in [1.165, 1.54) is 23.5 Å². The topological polar surface area (TPSA) is 155 Å². The second-order valence-corrected chi connectivity index (χ2v) is 8.33. The molecular formula is C20H12N6O4S2. The van der Waals surface area contributed by atoms with Crippen molar-refractivity contribution in [1.82, 2.24) is 15.0 Å². The molecule has 158 valence electrons. The van der Waals surface area contributed by atoms with E-state index in [1.54, 1.807) is 30.3 Å². The zero-order chi connectivity index (χ0) is 22.7. The number of rotatable bonds is 6. The number of nitro groups is 1. The molecule has 2 heterocycles. The molecule has 0 unspecified atom stereocenters. The summed E-state index contributed by atoms with van der Waals surface area (Å²) in [5, 5.41) is 23.3. The highest BCUT2D eigenvalue weighted by molar-refractivity contribution is 7.99. The number of fused-ring (bicyclic) bond motifs is 1. The second kappa shape index (κ2) is 8.96. The van der Waals surface area contributed by atoms with Gasteiger partial charge in [-0.25, -0.2) is 9.97 Å². The Bertz CT molecular complexity index is 1440. The first-order valence-electron chi connectivity index (χ1n) is 9.02. The monoisotopic (exact) mass is 464 g/mol. The number of hydrogen-bond donors (Lipinski definition) is 2. The van der Waals surface area contributed by atoms with Gasteiger partial charge >= 0.3 is 0 Å². The van der Waals surface area contributed by atoms with Gasteiger partial charge in [0, 0.05) is 17.7 Å². The molecule has 10 nitrogen and oxygen atoms in total. The molecule has 4 rings (SSSR count). The molecule has 0 bridgehead atoms. The summed E-state index contributed by atoms with van der Waals surface area (Å²) in [5.41, 5.74) is 0.502. The van der Waals surface area contributed by atoms with Gasteiger partial charge in [-0.2, -0.15) is 5.26 Å². The summed E-state index contributed by atoms with van der Waals surface area (Å²) in [6.07, 6.45) is 0. The van der Waals surface area contributed by atoms with E-state index in [4.69, 9.17) is 0 Å². The lowest BCUT2D eigenvalue weighted by molar-refractivity contribution is -0.384. The quantitative estimate of drug-likeness (QED) is 0.190. The van der Waals surface area contributed by atoms with Crippen molar-refractivity contribution < 1.29 is 9.72 Å². The van der Waals surface area contributed by atoms with Crippen LogP contribution in [0.3, 0.4) is 0 Å². The Morgan fingerprint density at radius 1 is 1.25 bits per heavy atom. The van der Waals surface area contributed by atoms with E-state index in [2.05, 4.69) is 20.3 Å². The zero-order valence-corrected chi connectivity index (χ0v) is 17.7. The molecule has 4 aromatic rings. The van der Waals surface area contributed by atoms with Crippen molar-refractivity contribution >= 4 is 50.0 Å². The largest absolute Gasteiger partial charge is 0.301 e. The van der Waals surface area contributed by atoms with Crippen molar-refractivity contribution in [2.24, 2.45) is 0 Å². The van der Waals surface area contributed by atoms with Crippen LogP contribution < -0.4 is 10.9 Å². The van der Waals surface area contributed by atoms with Gasteiger partial charge in [0.05, 0.1) is 26.6 Å². The van der Waals surface area contributed by atoms with E-state index in [1.807, 2.05) is 12.1 Å². The number of nitrogens with one attached hydrogen (secondary N) is 2. The Balaban J connectivity index is 1.49. The van der Waals surface area contributed by atoms with Gasteiger partial charge in [-0.1, -0.05) is 53.4 Å². The molecule has 2 N–H and O–H groups in total. The van der Waals surface area contributed by atoms with Crippen LogP contribution in [0.2, 0.25) is 0 Å². The van der Waals surface area contributed by atoms with Gasteiger partial charge in [0.15, 0.2) is 10.3 Å². The summed E-state index contributed by atoms with van der Waals surface area (Å²) in [6, 6.07) is 15.0. The highest BCUT2D eigenvalue weighted by Gasteiger charge is 2.16. The fourth-order valence-corrected chi connectivity index (χ4v) is 4.32. The van der Waals surface area contributed by atoms with E-state index < -0.39 is 16.4 Å². The smallest absolute Gasteiger partial charge is 0.271 e. The summed E-state index contributed by atoms with van der Waals surface area (Å²) in [5.74, 6) is -0.462. The van der Waals surface area contributed by atoms with Crippen LogP contribution in [-0.4, -0.2) is 31.5 Å². The van der Waals surface area contributed by atoms with Gasteiger partial charge in [-0.05, 0) is 6.07 Å². The fourth-order valence-electron chi connectivity index (χ4n) is 2.80. The van der Waals surface area contributed by atoms with Gasteiger partial charge < -0.3 is 10.3 Å². The molecule has 0 aliphatic heterocycles. The number of amides is 1. The maximum atomic E-state index is 12.4. The SMILES string of the molecule is N#Cc1c(-c2ccccc2)nc(SCC(=O)Nc2nc3cc([N+](=O)[O-])ccc3s2)[nH]c1=O. The molecule has 1 amide bonds. The van der Waals surface area contributed by atoms with E-state index in [-0.39, 0.29) is 27.9 Å². The van der Waals surface area contributed by atoms with E-state index in [0.717, 1.165) is 11.8 Å². The zero-order valence-electron chi connectivity index (χ0n) is 16.1. The van der Waals surface area contributed by atoms with Gasteiger partial charge in [-0.15, -0.1) is 0 Å². The Kier molecular flexibility index (Phi) is 5.93. The molecule has 0 atom stereocenters. The molecule has 0 aliphatic rings. The summed E-state index contributed by atoms with van der Waals surface area (Å²) in [4.78, 5) is 46.1. The molecule has 2 aromatic heterocycles. The van der Waals surface area contributed by atoms with Crippen LogP contribution in [0.1, 0.15) is 5.56 Å². The molecule has 0 fully saturated rings. The lowest BCUT2D eigenvalue weighted by Gasteiger charge is -2.06. The van der Waals surface area contributed by atoms with Crippen molar-refractivity contribution in [3.05, 3.63) is 74.6 Å². The summed E-state index contributed by atoms with van der Waals surface area (Å²) in [7, 11) is 0. The van der Waals surface area contributed by atoms with E-state index in [0.29, 0.717) is 20.9 Å². The first kappa shape index (κ1) is 21.2. The standard InChI is InChI=1S/C20H12N6O4S2/c21-9-13-17(11-4-2-1-3-5-11)24-19(25-18(13)28)31-10-16(27)23-20-22-14-8-12(26(29)30)6-7-15(14)32-20/h1-8H,10H2,(H,22,23,27)(H,24,25,28). The lowest BCUT2D eigenvalue weighted by atomic mass is 10.1. The summed E-state index contributed by atoms with van der Waals surface area (Å²) in [6.45, 7) is 0. The first-order valence-corrected chi connectivity index (χ1v) is 10.8. The highest BCUT2D eigenvalue weighted by atomic mass is 32.2. The second-order valence-electron chi connectivity index (χ2n) is 6.34. The Morgan fingerprint density at radius 3 is 2.75 bits per heavy atom. The molecule has 0 aliphatic carbocycles. The van der Waals surface area contributed by atoms with E-state index >= 15 is 0 Å². The van der Waals surface area contributed by atoms with Gasteiger partial charge in [-0.3, -0.25) is 19.7 Å². The van der Waals surface area contributed by atoms with Crippen molar-refractivity contribution in [1.29, 1.82) is 5.26 Å². The minimum Gasteiger partial charge on any atom is -0.301 e. The number of benzene rings is 2. The van der Waals surface area contributed by atoms with Crippen LogP contribution in [0.4, 0.5) is 10.8 Å². The number of nitriles is 1. The number of aromatic amines is 1. The third-order valence-corrected chi connectivity index (χ3v) is 6.05. The van der Waals surface area contributed by atoms with Crippen LogP contribution in [0, 0.1) is 21.4 Å². The van der Waals surface area contributed by atoms with Crippen molar-refractivity contribution in [3.8, 4) is 17.3 Å². The molecule has 0 saturated heterocycles. The molecule has 12 heteroatoms. The first-order chi connectivity index (χ1) is 15.4. The fraction of sp³-hybridized carbons (Fsp3) is 0.0500.